The van der Waals surface area contributed by atoms with Crippen molar-refractivity contribution in [1.29, 1.82) is 5.26 Å². The van der Waals surface area contributed by atoms with Crippen LogP contribution < -0.4 is 10.1 Å². The Morgan fingerprint density at radius 2 is 1.93 bits per heavy atom. The summed E-state index contributed by atoms with van der Waals surface area (Å²) in [6.45, 7) is 6.80. The molecule has 1 fully saturated rings. The fourth-order valence-corrected chi connectivity index (χ4v) is 4.06. The van der Waals surface area contributed by atoms with Gasteiger partial charge in [0.2, 0.25) is 5.91 Å². The fourth-order valence-electron chi connectivity index (χ4n) is 4.06. The number of aryl methyl sites for hydroxylation is 1. The molecule has 0 aliphatic heterocycles. The van der Waals surface area contributed by atoms with Crippen LogP contribution in [0.4, 0.5) is 5.69 Å². The normalized spacial score (nSPS) is 15.6. The van der Waals surface area contributed by atoms with Gasteiger partial charge in [0.25, 0.3) is 0 Å². The minimum Gasteiger partial charge on any atom is -0.493 e. The highest BCUT2D eigenvalue weighted by Gasteiger charge is 2.41. The lowest BCUT2D eigenvalue weighted by molar-refractivity contribution is -0.122. The highest BCUT2D eigenvalue weighted by molar-refractivity contribution is 6.00. The number of hydrogen-bond acceptors (Lipinski definition) is 3. The molecule has 3 rings (SSSR count). The van der Waals surface area contributed by atoms with Crippen LogP contribution in [-0.4, -0.2) is 12.5 Å². The molecular formula is C25H30N2O2. The predicted molar refractivity (Wildman–Crippen MR) is 116 cm³/mol. The molecule has 0 unspecified atom stereocenters. The Morgan fingerprint density at radius 1 is 1.17 bits per heavy atom. The van der Waals surface area contributed by atoms with Crippen LogP contribution in [0.3, 0.4) is 0 Å². The molecule has 1 aliphatic rings. The molecule has 1 saturated carbocycles. The topological polar surface area (TPSA) is 62.1 Å². The molecule has 0 heterocycles. The Morgan fingerprint density at radius 3 is 2.59 bits per heavy atom. The Bertz CT molecular complexity index is 905. The van der Waals surface area contributed by atoms with Crippen LogP contribution >= 0.6 is 0 Å². The molecular weight excluding hydrogens is 360 g/mol. The smallest absolute Gasteiger partial charge is 0.235 e. The van der Waals surface area contributed by atoms with Gasteiger partial charge in [-0.3, -0.25) is 4.79 Å². The van der Waals surface area contributed by atoms with Gasteiger partial charge in [-0.25, -0.2) is 0 Å². The number of rotatable bonds is 6. The van der Waals surface area contributed by atoms with Crippen molar-refractivity contribution in [2.45, 2.75) is 58.3 Å². The van der Waals surface area contributed by atoms with Gasteiger partial charge in [-0.1, -0.05) is 62.9 Å². The minimum absolute atomic E-state index is 0.0184. The Labute approximate surface area is 173 Å². The van der Waals surface area contributed by atoms with Crippen LogP contribution in [0.1, 0.15) is 62.6 Å². The predicted octanol–water partition coefficient (Wildman–Crippen LogP) is 5.74. The summed E-state index contributed by atoms with van der Waals surface area (Å²) in [6, 6.07) is 15.8. The van der Waals surface area contributed by atoms with Crippen LogP contribution in [0.2, 0.25) is 0 Å². The minimum atomic E-state index is -0.538. The number of nitrogens with zero attached hydrogens (tertiary/aromatic N) is 1. The van der Waals surface area contributed by atoms with Crippen LogP contribution in [0, 0.1) is 24.2 Å². The first-order valence-electron chi connectivity index (χ1n) is 10.5. The lowest BCUT2D eigenvalue weighted by Crippen LogP contribution is -2.42. The molecule has 0 atom stereocenters. The van der Waals surface area contributed by atoms with Crippen molar-refractivity contribution < 1.29 is 9.53 Å². The summed E-state index contributed by atoms with van der Waals surface area (Å²) >= 11 is 0. The van der Waals surface area contributed by atoms with E-state index in [-0.39, 0.29) is 5.91 Å². The van der Waals surface area contributed by atoms with Crippen LogP contribution in [0.5, 0.6) is 5.75 Å². The molecule has 1 aliphatic carbocycles. The van der Waals surface area contributed by atoms with Gasteiger partial charge in [-0.2, -0.15) is 5.26 Å². The van der Waals surface area contributed by atoms with E-state index in [4.69, 9.17) is 4.74 Å². The number of ether oxygens (including phenoxy) is 1. The van der Waals surface area contributed by atoms with Gasteiger partial charge in [-0.15, -0.1) is 0 Å². The second-order valence-corrected chi connectivity index (χ2v) is 8.49. The SMILES string of the molecule is Cc1cccc(C2(C(=O)Nc3ccc(OCC(C)C)cc3C#N)CCCCC2)c1. The molecule has 2 aromatic rings. The molecule has 0 bridgehead atoms. The Balaban J connectivity index is 1.87. The van der Waals surface area contributed by atoms with Crippen molar-refractivity contribution in [2.24, 2.45) is 5.92 Å². The molecule has 1 amide bonds. The van der Waals surface area contributed by atoms with E-state index in [9.17, 15) is 10.1 Å². The van der Waals surface area contributed by atoms with E-state index in [0.29, 0.717) is 29.5 Å². The van der Waals surface area contributed by atoms with Crippen LogP contribution in [0.15, 0.2) is 42.5 Å². The molecule has 0 spiro atoms. The van der Waals surface area contributed by atoms with Crippen molar-refractivity contribution in [3.05, 3.63) is 59.2 Å². The van der Waals surface area contributed by atoms with Crippen molar-refractivity contribution in [3.8, 4) is 11.8 Å². The van der Waals surface area contributed by atoms with Gasteiger partial charge in [0, 0.05) is 0 Å². The fraction of sp³-hybridized carbons (Fsp3) is 0.440. The zero-order valence-electron chi connectivity index (χ0n) is 17.6. The molecule has 152 valence electrons. The van der Waals surface area contributed by atoms with E-state index in [1.54, 1.807) is 12.1 Å². The van der Waals surface area contributed by atoms with Crippen molar-refractivity contribution in [3.63, 3.8) is 0 Å². The number of hydrogen-bond donors (Lipinski definition) is 1. The monoisotopic (exact) mass is 390 g/mol. The number of anilines is 1. The summed E-state index contributed by atoms with van der Waals surface area (Å²) in [6.07, 6.45) is 4.90. The molecule has 0 saturated heterocycles. The second-order valence-electron chi connectivity index (χ2n) is 8.49. The zero-order chi connectivity index (χ0) is 20.9. The average molecular weight is 391 g/mol. The number of nitrogens with one attached hydrogen (secondary N) is 1. The maximum Gasteiger partial charge on any atom is 0.235 e. The lowest BCUT2D eigenvalue weighted by Gasteiger charge is -2.36. The third-order valence-corrected chi connectivity index (χ3v) is 5.66. The van der Waals surface area contributed by atoms with Gasteiger partial charge in [0.15, 0.2) is 0 Å². The zero-order valence-corrected chi connectivity index (χ0v) is 17.6. The summed E-state index contributed by atoms with van der Waals surface area (Å²) < 4.78 is 5.72. The van der Waals surface area contributed by atoms with Gasteiger partial charge in [-0.05, 0) is 49.4 Å². The molecule has 2 aromatic carbocycles. The molecule has 4 heteroatoms. The molecule has 0 aromatic heterocycles. The highest BCUT2D eigenvalue weighted by atomic mass is 16.5. The first kappa shape index (κ1) is 20.9. The number of carbonyl (C=O) groups excluding carboxylic acids is 1. The quantitative estimate of drug-likeness (QED) is 0.684. The van der Waals surface area contributed by atoms with Crippen molar-refractivity contribution in [2.75, 3.05) is 11.9 Å². The molecule has 0 radical (unpaired) electrons. The largest absolute Gasteiger partial charge is 0.493 e. The van der Waals surface area contributed by atoms with Crippen LogP contribution in [0.25, 0.3) is 0 Å². The Hall–Kier alpha value is -2.80. The van der Waals surface area contributed by atoms with Gasteiger partial charge < -0.3 is 10.1 Å². The lowest BCUT2D eigenvalue weighted by atomic mass is 9.68. The van der Waals surface area contributed by atoms with E-state index in [1.165, 1.54) is 0 Å². The summed E-state index contributed by atoms with van der Waals surface area (Å²) in [5.41, 5.74) is 2.67. The summed E-state index contributed by atoms with van der Waals surface area (Å²) in [5.74, 6) is 1.04. The highest BCUT2D eigenvalue weighted by Crippen LogP contribution is 2.41. The van der Waals surface area contributed by atoms with Crippen LogP contribution in [-0.2, 0) is 10.2 Å². The summed E-state index contributed by atoms with van der Waals surface area (Å²) in [5, 5.41) is 12.7. The maximum atomic E-state index is 13.5. The van der Waals surface area contributed by atoms with E-state index in [0.717, 1.165) is 43.2 Å². The van der Waals surface area contributed by atoms with Gasteiger partial charge in [0.05, 0.1) is 23.3 Å². The Kier molecular flexibility index (Phi) is 6.59. The summed E-state index contributed by atoms with van der Waals surface area (Å²) in [7, 11) is 0. The first-order valence-corrected chi connectivity index (χ1v) is 10.5. The number of benzene rings is 2. The molecule has 29 heavy (non-hydrogen) atoms. The number of amides is 1. The standard InChI is InChI=1S/C25H30N2O2/c1-18(2)17-29-22-10-11-23(20(15-22)16-26)27-24(28)25(12-5-4-6-13-25)21-9-7-8-19(3)14-21/h7-11,14-15,18H,4-6,12-13,17H2,1-3H3,(H,27,28). The van der Waals surface area contributed by atoms with Crippen molar-refractivity contribution >= 4 is 11.6 Å². The second kappa shape index (κ2) is 9.13. The maximum absolute atomic E-state index is 13.5. The molecule has 4 nitrogen and oxygen atoms in total. The van der Waals surface area contributed by atoms with E-state index in [1.807, 2.05) is 12.1 Å². The first-order chi connectivity index (χ1) is 13.9. The number of carbonyl (C=O) groups is 1. The average Bonchev–Trinajstić information content (AvgIpc) is 2.73. The molecule has 1 N–H and O–H groups in total. The summed E-state index contributed by atoms with van der Waals surface area (Å²) in [4.78, 5) is 13.5. The van der Waals surface area contributed by atoms with Gasteiger partial charge in [0.1, 0.15) is 11.8 Å². The van der Waals surface area contributed by atoms with E-state index in [2.05, 4.69) is 50.4 Å². The van der Waals surface area contributed by atoms with E-state index >= 15 is 0 Å². The number of nitriles is 1. The third kappa shape index (κ3) is 4.79. The van der Waals surface area contributed by atoms with Crippen molar-refractivity contribution in [1.82, 2.24) is 0 Å². The van der Waals surface area contributed by atoms with Gasteiger partial charge >= 0.3 is 0 Å². The third-order valence-electron chi connectivity index (χ3n) is 5.66. The van der Waals surface area contributed by atoms with E-state index < -0.39 is 5.41 Å².